The Morgan fingerprint density at radius 2 is 2.03 bits per heavy atom. The van der Waals surface area contributed by atoms with Crippen LogP contribution in [0.4, 0.5) is 18.6 Å². The molecule has 0 unspecified atom stereocenters. The molecule has 1 fully saturated rings. The smallest absolute Gasteiger partial charge is 0.344 e. The zero-order valence-corrected chi connectivity index (χ0v) is 17.1. The Hall–Kier alpha value is -2.79. The molecule has 1 aliphatic carbocycles. The monoisotopic (exact) mass is 440 g/mol. The predicted molar refractivity (Wildman–Crippen MR) is 107 cm³/mol. The number of ether oxygens (including phenoxy) is 1. The number of anilines is 1. The van der Waals surface area contributed by atoms with Gasteiger partial charge in [-0.1, -0.05) is 0 Å². The lowest BCUT2D eigenvalue weighted by atomic mass is 10.1. The number of urea groups is 1. The van der Waals surface area contributed by atoms with Crippen molar-refractivity contribution in [1.82, 2.24) is 15.0 Å². The molecule has 0 spiro atoms. The number of aromatic carboxylic acids is 1. The van der Waals surface area contributed by atoms with Crippen molar-refractivity contribution < 1.29 is 28.2 Å². The quantitative estimate of drug-likeness (QED) is 0.422. The van der Waals surface area contributed by atoms with Gasteiger partial charge in [-0.3, -0.25) is 5.32 Å². The van der Waals surface area contributed by atoms with Gasteiger partial charge >= 0.3 is 12.0 Å². The van der Waals surface area contributed by atoms with E-state index in [0.29, 0.717) is 12.6 Å². The highest BCUT2D eigenvalue weighted by Gasteiger charge is 2.24. The molecule has 2 amide bonds. The highest BCUT2D eigenvalue weighted by Crippen LogP contribution is 2.31. The van der Waals surface area contributed by atoms with Crippen molar-refractivity contribution in [2.24, 2.45) is 0 Å². The average Bonchev–Trinajstić information content (AvgIpc) is 3.42. The summed E-state index contributed by atoms with van der Waals surface area (Å²) < 4.78 is 36.8. The molecular formula is C19H22F2N4O4S. The number of carbonyl (C=O) groups is 2. The van der Waals surface area contributed by atoms with Crippen LogP contribution in [0, 0.1) is 18.6 Å². The summed E-state index contributed by atoms with van der Waals surface area (Å²) in [5.41, 5.74) is -0.273. The summed E-state index contributed by atoms with van der Waals surface area (Å²) in [5.74, 6) is -2.91. The topological polar surface area (TPSA) is 113 Å². The van der Waals surface area contributed by atoms with Gasteiger partial charge in [-0.25, -0.2) is 18.4 Å². The maximum absolute atomic E-state index is 13.9. The molecule has 1 saturated carbocycles. The molecule has 8 nitrogen and oxygen atoms in total. The minimum atomic E-state index is -1.36. The van der Waals surface area contributed by atoms with E-state index in [1.165, 1.54) is 19.8 Å². The number of hydrogen-bond acceptors (Lipinski definition) is 6. The Kier molecular flexibility index (Phi) is 7.16. The first-order chi connectivity index (χ1) is 14.3. The van der Waals surface area contributed by atoms with Gasteiger partial charge in [0.2, 0.25) is 5.88 Å². The maximum Gasteiger partial charge on any atom is 0.344 e. The van der Waals surface area contributed by atoms with Crippen molar-refractivity contribution in [2.75, 3.05) is 18.4 Å². The van der Waals surface area contributed by atoms with E-state index >= 15 is 0 Å². The molecule has 30 heavy (non-hydrogen) atoms. The van der Waals surface area contributed by atoms with Crippen molar-refractivity contribution in [3.05, 3.63) is 40.5 Å². The number of rotatable bonds is 10. The van der Waals surface area contributed by atoms with Gasteiger partial charge in [-0.15, -0.1) is 0 Å². The SMILES string of the molecule is Cc1cc(F)c(COc2nsc(NC(=O)NCCCNC3CC3)c2C(=O)O)cc1F. The van der Waals surface area contributed by atoms with E-state index in [9.17, 15) is 23.5 Å². The van der Waals surface area contributed by atoms with Crippen LogP contribution in [0.1, 0.15) is 40.7 Å². The van der Waals surface area contributed by atoms with Crippen molar-refractivity contribution >= 4 is 28.5 Å². The first-order valence-electron chi connectivity index (χ1n) is 9.43. The third-order valence-electron chi connectivity index (χ3n) is 4.44. The molecule has 1 aliphatic rings. The zero-order chi connectivity index (χ0) is 21.7. The van der Waals surface area contributed by atoms with Gasteiger partial charge in [0.05, 0.1) is 0 Å². The van der Waals surface area contributed by atoms with Crippen LogP contribution in [0.2, 0.25) is 0 Å². The molecule has 2 aromatic rings. The third-order valence-corrected chi connectivity index (χ3v) is 5.19. The molecule has 4 N–H and O–H groups in total. The second kappa shape index (κ2) is 9.81. The number of nitrogens with zero attached hydrogens (tertiary/aromatic N) is 1. The normalized spacial score (nSPS) is 13.2. The first kappa shape index (κ1) is 21.9. The second-order valence-corrected chi connectivity index (χ2v) is 7.71. The number of benzene rings is 1. The number of carbonyl (C=O) groups excluding carboxylic acids is 1. The second-order valence-electron chi connectivity index (χ2n) is 6.94. The number of aromatic nitrogens is 1. The van der Waals surface area contributed by atoms with Gasteiger partial charge in [0, 0.05) is 18.2 Å². The summed E-state index contributed by atoms with van der Waals surface area (Å²) in [5, 5.41) is 17.8. The van der Waals surface area contributed by atoms with Crippen LogP contribution in [-0.4, -0.2) is 40.6 Å². The van der Waals surface area contributed by atoms with Gasteiger partial charge in [0.25, 0.3) is 0 Å². The fourth-order valence-corrected chi connectivity index (χ4v) is 3.35. The molecule has 0 radical (unpaired) electrons. The molecule has 11 heteroatoms. The summed E-state index contributed by atoms with van der Waals surface area (Å²) in [6, 6.07) is 2.05. The lowest BCUT2D eigenvalue weighted by Gasteiger charge is -2.09. The zero-order valence-electron chi connectivity index (χ0n) is 16.3. The summed E-state index contributed by atoms with van der Waals surface area (Å²) in [6.07, 6.45) is 3.12. The fraction of sp³-hybridized carbons (Fsp3) is 0.421. The number of nitrogens with one attached hydrogen (secondary N) is 3. The van der Waals surface area contributed by atoms with Crippen LogP contribution in [0.5, 0.6) is 5.88 Å². The standard InChI is InChI=1S/C19H22F2N4O4S/c1-10-7-14(21)11(8-13(10)20)9-29-16-15(18(26)27)17(30-25-16)24-19(28)23-6-2-5-22-12-3-4-12/h7-8,12,22H,2-6,9H2,1H3,(H,26,27)(H2,23,24,28). The number of hydrogen-bond donors (Lipinski definition) is 4. The molecule has 1 heterocycles. The van der Waals surface area contributed by atoms with Crippen LogP contribution in [0.3, 0.4) is 0 Å². The van der Waals surface area contributed by atoms with Crippen molar-refractivity contribution in [1.29, 1.82) is 0 Å². The largest absolute Gasteiger partial charge is 0.477 e. The number of amides is 2. The van der Waals surface area contributed by atoms with E-state index in [4.69, 9.17) is 4.74 Å². The summed E-state index contributed by atoms with van der Waals surface area (Å²) in [4.78, 5) is 23.6. The number of carboxylic acids is 1. The molecule has 3 rings (SSSR count). The Morgan fingerprint density at radius 1 is 1.27 bits per heavy atom. The van der Waals surface area contributed by atoms with Crippen molar-refractivity contribution in [3.8, 4) is 5.88 Å². The Morgan fingerprint density at radius 3 is 2.73 bits per heavy atom. The van der Waals surface area contributed by atoms with Crippen LogP contribution < -0.4 is 20.7 Å². The molecule has 0 saturated heterocycles. The average molecular weight is 440 g/mol. The molecule has 162 valence electrons. The molecule has 0 aliphatic heterocycles. The fourth-order valence-electron chi connectivity index (χ4n) is 2.62. The highest BCUT2D eigenvalue weighted by atomic mass is 32.1. The van der Waals surface area contributed by atoms with Gasteiger partial charge in [0.1, 0.15) is 23.2 Å². The van der Waals surface area contributed by atoms with E-state index in [0.717, 1.165) is 36.6 Å². The number of halogens is 2. The van der Waals surface area contributed by atoms with Crippen LogP contribution >= 0.6 is 11.5 Å². The van der Waals surface area contributed by atoms with Crippen LogP contribution in [0.15, 0.2) is 12.1 Å². The van der Waals surface area contributed by atoms with Crippen LogP contribution in [-0.2, 0) is 6.61 Å². The molecule has 0 atom stereocenters. The number of aryl methyl sites for hydroxylation is 1. The van der Waals surface area contributed by atoms with E-state index in [-0.39, 0.29) is 27.6 Å². The number of carboxylic acid groups (broad SMARTS) is 1. The van der Waals surface area contributed by atoms with E-state index in [1.807, 2.05) is 0 Å². The van der Waals surface area contributed by atoms with Gasteiger partial charge in [0.15, 0.2) is 5.56 Å². The Labute approximate surface area is 175 Å². The molecule has 1 aromatic heterocycles. The molecular weight excluding hydrogens is 418 g/mol. The molecule has 0 bridgehead atoms. The Balaban J connectivity index is 1.56. The van der Waals surface area contributed by atoms with E-state index in [1.54, 1.807) is 0 Å². The predicted octanol–water partition coefficient (Wildman–Crippen LogP) is 3.27. The lowest BCUT2D eigenvalue weighted by molar-refractivity contribution is 0.0693. The maximum atomic E-state index is 13.9. The van der Waals surface area contributed by atoms with Gasteiger partial charge in [-0.2, -0.15) is 4.37 Å². The van der Waals surface area contributed by atoms with Crippen molar-refractivity contribution in [3.63, 3.8) is 0 Å². The van der Waals surface area contributed by atoms with Gasteiger partial charge < -0.3 is 20.5 Å². The van der Waals surface area contributed by atoms with Crippen molar-refractivity contribution in [2.45, 2.75) is 38.8 Å². The Bertz CT molecular complexity index is 933. The first-order valence-corrected chi connectivity index (χ1v) is 10.2. The summed E-state index contributed by atoms with van der Waals surface area (Å²) >= 11 is 0.726. The van der Waals surface area contributed by atoms with Gasteiger partial charge in [-0.05, 0) is 62.0 Å². The minimum absolute atomic E-state index is 0.0123. The molecule has 1 aromatic carbocycles. The van der Waals surface area contributed by atoms with E-state index in [2.05, 4.69) is 20.3 Å². The lowest BCUT2D eigenvalue weighted by Crippen LogP contribution is -2.31. The highest BCUT2D eigenvalue weighted by molar-refractivity contribution is 7.11. The minimum Gasteiger partial charge on any atom is -0.477 e. The van der Waals surface area contributed by atoms with E-state index < -0.39 is 30.2 Å². The summed E-state index contributed by atoms with van der Waals surface area (Å²) in [7, 11) is 0. The summed E-state index contributed by atoms with van der Waals surface area (Å²) in [6.45, 7) is 2.24. The third kappa shape index (κ3) is 5.86. The van der Waals surface area contributed by atoms with Crippen LogP contribution in [0.25, 0.3) is 0 Å².